The lowest BCUT2D eigenvalue weighted by atomic mass is 9.92. The van der Waals surface area contributed by atoms with E-state index in [1.807, 2.05) is 26.8 Å². The molecule has 0 radical (unpaired) electrons. The van der Waals surface area contributed by atoms with E-state index in [4.69, 9.17) is 5.11 Å². The molecule has 2 nitrogen and oxygen atoms in total. The Morgan fingerprint density at radius 2 is 1.78 bits per heavy atom. The number of rotatable bonds is 3. The Hall–Kier alpha value is -0.890. The fraction of sp³-hybridized carbons (Fsp3) is 0.688. The quantitative estimate of drug-likeness (QED) is 0.608. The van der Waals surface area contributed by atoms with E-state index < -0.39 is 5.60 Å². The summed E-state index contributed by atoms with van der Waals surface area (Å²) in [5.74, 6) is 0.250. The Kier molecular flexibility index (Phi) is 6.01. The van der Waals surface area contributed by atoms with Crippen LogP contribution < -0.4 is 0 Å². The van der Waals surface area contributed by atoms with E-state index in [2.05, 4.69) is 27.4 Å². The zero-order chi connectivity index (χ0) is 14.6. The molecule has 0 aromatic rings. The first-order valence-electron chi connectivity index (χ1n) is 6.63. The summed E-state index contributed by atoms with van der Waals surface area (Å²) >= 11 is 0. The summed E-state index contributed by atoms with van der Waals surface area (Å²) in [4.78, 5) is 11.1. The highest BCUT2D eigenvalue weighted by molar-refractivity contribution is 5.94. The maximum absolute atomic E-state index is 11.1. The van der Waals surface area contributed by atoms with Crippen LogP contribution in [0.4, 0.5) is 0 Å². The average molecular weight is 252 g/mol. The van der Waals surface area contributed by atoms with Crippen LogP contribution in [0.3, 0.4) is 0 Å². The van der Waals surface area contributed by atoms with Gasteiger partial charge in [0.2, 0.25) is 0 Å². The van der Waals surface area contributed by atoms with Crippen LogP contribution in [0.2, 0.25) is 0 Å². The molecule has 104 valence electrons. The first-order chi connectivity index (χ1) is 8.02. The standard InChI is InChI=1S/C10H18O.C6H10O/c1-6-9(11)8(2)7-10(3,4)5;1-5(2)6(7)3-4-6/h7H,6H2,1-5H3;7H,1,3-4H2,2H3/b8-7+;. The zero-order valence-electron chi connectivity index (χ0n) is 12.8. The van der Waals surface area contributed by atoms with Crippen molar-refractivity contribution in [3.8, 4) is 0 Å². The fourth-order valence-corrected chi connectivity index (χ4v) is 1.55. The second-order valence-corrected chi connectivity index (χ2v) is 6.28. The van der Waals surface area contributed by atoms with Crippen molar-refractivity contribution in [1.29, 1.82) is 0 Å². The van der Waals surface area contributed by atoms with Gasteiger partial charge in [0.05, 0.1) is 5.60 Å². The number of hydrogen-bond acceptors (Lipinski definition) is 2. The van der Waals surface area contributed by atoms with Crippen LogP contribution >= 0.6 is 0 Å². The van der Waals surface area contributed by atoms with Gasteiger partial charge in [0, 0.05) is 6.42 Å². The van der Waals surface area contributed by atoms with Crippen LogP contribution in [0.5, 0.6) is 0 Å². The molecule has 0 aliphatic heterocycles. The van der Waals surface area contributed by atoms with Crippen molar-refractivity contribution >= 4 is 5.78 Å². The minimum atomic E-state index is -0.444. The SMILES string of the molecule is C=C(C)C1(O)CC1.CCC(=O)/C(C)=C/C(C)(C)C. The molecule has 0 atom stereocenters. The molecule has 1 rings (SSSR count). The summed E-state index contributed by atoms with van der Waals surface area (Å²) in [6, 6.07) is 0. The lowest BCUT2D eigenvalue weighted by Gasteiger charge is -2.13. The molecule has 0 saturated heterocycles. The summed E-state index contributed by atoms with van der Waals surface area (Å²) in [7, 11) is 0. The Bertz CT molecular complexity index is 339. The Morgan fingerprint density at radius 1 is 1.33 bits per heavy atom. The topological polar surface area (TPSA) is 37.3 Å². The first-order valence-corrected chi connectivity index (χ1v) is 6.63. The van der Waals surface area contributed by atoms with E-state index in [0.717, 1.165) is 24.0 Å². The summed E-state index contributed by atoms with van der Waals surface area (Å²) in [6.45, 7) is 15.6. The third-order valence-corrected chi connectivity index (χ3v) is 2.93. The van der Waals surface area contributed by atoms with Gasteiger partial charge in [-0.25, -0.2) is 0 Å². The number of carbonyl (C=O) groups is 1. The number of aliphatic hydroxyl groups is 1. The molecular weight excluding hydrogens is 224 g/mol. The largest absolute Gasteiger partial charge is 0.386 e. The van der Waals surface area contributed by atoms with E-state index >= 15 is 0 Å². The van der Waals surface area contributed by atoms with Gasteiger partial charge in [0.25, 0.3) is 0 Å². The molecule has 0 heterocycles. The van der Waals surface area contributed by atoms with Gasteiger partial charge in [-0.2, -0.15) is 0 Å². The third kappa shape index (κ3) is 6.75. The van der Waals surface area contributed by atoms with Gasteiger partial charge in [-0.1, -0.05) is 40.3 Å². The molecule has 0 spiro atoms. The molecule has 1 fully saturated rings. The van der Waals surface area contributed by atoms with Crippen LogP contribution in [0.15, 0.2) is 23.8 Å². The second kappa shape index (κ2) is 6.33. The molecule has 1 aliphatic carbocycles. The number of allylic oxidation sites excluding steroid dienone is 2. The minimum absolute atomic E-state index is 0.120. The van der Waals surface area contributed by atoms with Gasteiger partial charge in [0.1, 0.15) is 0 Å². The molecule has 1 saturated carbocycles. The number of hydrogen-bond donors (Lipinski definition) is 1. The molecule has 0 aromatic carbocycles. The van der Waals surface area contributed by atoms with Crippen LogP contribution in [-0.2, 0) is 4.79 Å². The second-order valence-electron chi connectivity index (χ2n) is 6.28. The van der Waals surface area contributed by atoms with Gasteiger partial charge in [-0.3, -0.25) is 4.79 Å². The molecule has 1 N–H and O–H groups in total. The molecular formula is C16H28O2. The summed E-state index contributed by atoms with van der Waals surface area (Å²) < 4.78 is 0. The van der Waals surface area contributed by atoms with Gasteiger partial charge in [-0.15, -0.1) is 0 Å². The van der Waals surface area contributed by atoms with Gasteiger partial charge < -0.3 is 5.11 Å². The lowest BCUT2D eigenvalue weighted by molar-refractivity contribution is -0.115. The van der Waals surface area contributed by atoms with E-state index in [1.54, 1.807) is 0 Å². The maximum atomic E-state index is 11.1. The number of Topliss-reactive ketones (excluding diaryl/α,β-unsaturated/α-hetero) is 1. The minimum Gasteiger partial charge on any atom is -0.386 e. The normalized spacial score (nSPS) is 17.6. The van der Waals surface area contributed by atoms with Gasteiger partial charge >= 0.3 is 0 Å². The monoisotopic (exact) mass is 252 g/mol. The van der Waals surface area contributed by atoms with E-state index in [1.165, 1.54) is 0 Å². The Morgan fingerprint density at radius 3 is 1.94 bits per heavy atom. The summed E-state index contributed by atoms with van der Waals surface area (Å²) in [5, 5.41) is 9.11. The van der Waals surface area contributed by atoms with Crippen molar-refractivity contribution in [2.75, 3.05) is 0 Å². The molecule has 0 bridgehead atoms. The van der Waals surface area contributed by atoms with Crippen molar-refractivity contribution in [3.05, 3.63) is 23.8 Å². The van der Waals surface area contributed by atoms with Crippen LogP contribution in [0, 0.1) is 5.41 Å². The molecule has 1 aliphatic rings. The van der Waals surface area contributed by atoms with Crippen LogP contribution in [-0.4, -0.2) is 16.5 Å². The van der Waals surface area contributed by atoms with E-state index in [0.29, 0.717) is 6.42 Å². The van der Waals surface area contributed by atoms with Crippen LogP contribution in [0.25, 0.3) is 0 Å². The molecule has 0 unspecified atom stereocenters. The summed E-state index contributed by atoms with van der Waals surface area (Å²) in [6.07, 6.45) is 4.47. The third-order valence-electron chi connectivity index (χ3n) is 2.93. The Balaban J connectivity index is 0.000000351. The van der Waals surface area contributed by atoms with E-state index in [-0.39, 0.29) is 11.2 Å². The predicted octanol–water partition coefficient (Wildman–Crippen LogP) is 4.05. The van der Waals surface area contributed by atoms with Gasteiger partial charge in [0.15, 0.2) is 5.78 Å². The van der Waals surface area contributed by atoms with Crippen molar-refractivity contribution < 1.29 is 9.90 Å². The molecule has 0 aromatic heterocycles. The molecule has 2 heteroatoms. The zero-order valence-corrected chi connectivity index (χ0v) is 12.8. The number of ketones is 1. The highest BCUT2D eigenvalue weighted by Crippen LogP contribution is 2.40. The van der Waals surface area contributed by atoms with Crippen molar-refractivity contribution in [3.63, 3.8) is 0 Å². The van der Waals surface area contributed by atoms with Crippen molar-refractivity contribution in [1.82, 2.24) is 0 Å². The smallest absolute Gasteiger partial charge is 0.158 e. The Labute approximate surface area is 112 Å². The van der Waals surface area contributed by atoms with Crippen molar-refractivity contribution in [2.24, 2.45) is 5.41 Å². The molecule has 0 amide bonds. The summed E-state index contributed by atoms with van der Waals surface area (Å²) in [5.41, 5.74) is 1.47. The highest BCUT2D eigenvalue weighted by Gasteiger charge is 2.40. The van der Waals surface area contributed by atoms with Crippen LogP contribution in [0.1, 0.15) is 60.8 Å². The van der Waals surface area contributed by atoms with E-state index in [9.17, 15) is 4.79 Å². The average Bonchev–Trinajstić information content (AvgIpc) is 2.95. The van der Waals surface area contributed by atoms with Gasteiger partial charge in [-0.05, 0) is 43.3 Å². The fourth-order valence-electron chi connectivity index (χ4n) is 1.55. The highest BCUT2D eigenvalue weighted by atomic mass is 16.3. The molecule has 18 heavy (non-hydrogen) atoms. The maximum Gasteiger partial charge on any atom is 0.158 e. The predicted molar refractivity (Wildman–Crippen MR) is 77.5 cm³/mol. The first kappa shape index (κ1) is 17.1. The lowest BCUT2D eigenvalue weighted by Crippen LogP contribution is -2.05. The number of carbonyl (C=O) groups excluding carboxylic acids is 1. The van der Waals surface area contributed by atoms with Crippen molar-refractivity contribution in [2.45, 2.75) is 66.4 Å².